The number of aromatic nitrogens is 3. The van der Waals surface area contributed by atoms with Gasteiger partial charge in [-0.3, -0.25) is 4.79 Å². The van der Waals surface area contributed by atoms with Gasteiger partial charge in [-0.2, -0.15) is 0 Å². The lowest BCUT2D eigenvalue weighted by molar-refractivity contribution is 0.0948. The van der Waals surface area contributed by atoms with E-state index in [-0.39, 0.29) is 5.91 Å². The summed E-state index contributed by atoms with van der Waals surface area (Å²) in [5.74, 6) is -0.120. The molecule has 7 heteroatoms. The minimum absolute atomic E-state index is 0.120. The molecule has 0 fully saturated rings. The lowest BCUT2D eigenvalue weighted by Crippen LogP contribution is -2.25. The van der Waals surface area contributed by atoms with Gasteiger partial charge in [0.2, 0.25) is 0 Å². The Morgan fingerprint density at radius 3 is 3.16 bits per heavy atom. The van der Waals surface area contributed by atoms with E-state index in [4.69, 9.17) is 5.73 Å². The molecule has 0 aromatic carbocycles. The maximum absolute atomic E-state index is 11.8. The van der Waals surface area contributed by atoms with Crippen molar-refractivity contribution in [1.82, 2.24) is 19.9 Å². The van der Waals surface area contributed by atoms with Gasteiger partial charge in [-0.25, -0.2) is 9.97 Å². The predicted molar refractivity (Wildman–Crippen MR) is 74.0 cm³/mol. The molecule has 0 aliphatic heterocycles. The van der Waals surface area contributed by atoms with Crippen LogP contribution < -0.4 is 11.1 Å². The van der Waals surface area contributed by atoms with E-state index in [1.165, 1.54) is 11.3 Å². The Hall–Kier alpha value is -1.73. The highest BCUT2D eigenvalue weighted by Gasteiger charge is 2.09. The molecule has 2 rings (SSSR count). The maximum Gasteiger partial charge on any atom is 0.270 e. The van der Waals surface area contributed by atoms with Crippen molar-refractivity contribution in [3.8, 4) is 0 Å². The number of nitrogens with two attached hydrogens (primary N) is 1. The van der Waals surface area contributed by atoms with E-state index >= 15 is 0 Å². The van der Waals surface area contributed by atoms with Crippen LogP contribution in [-0.2, 0) is 13.0 Å². The van der Waals surface area contributed by atoms with Crippen LogP contribution in [0.1, 0.15) is 21.9 Å². The van der Waals surface area contributed by atoms with Gasteiger partial charge in [0.15, 0.2) is 0 Å². The Bertz CT molecular complexity index is 508. The Morgan fingerprint density at radius 2 is 2.42 bits per heavy atom. The summed E-state index contributed by atoms with van der Waals surface area (Å²) in [6.07, 6.45) is 7.00. The Balaban J connectivity index is 1.71. The van der Waals surface area contributed by atoms with Gasteiger partial charge in [0.25, 0.3) is 5.91 Å². The standard InChI is InChI=1S/C12H17N5OS/c13-3-2-11-16-10(8-19-11)12(18)15-4-1-6-17-7-5-14-9-17/h5,7-9H,1-4,6,13H2,(H,15,18). The highest BCUT2D eigenvalue weighted by molar-refractivity contribution is 7.09. The Morgan fingerprint density at radius 1 is 1.53 bits per heavy atom. The maximum atomic E-state index is 11.8. The van der Waals surface area contributed by atoms with Crippen LogP contribution in [0.3, 0.4) is 0 Å². The minimum Gasteiger partial charge on any atom is -0.351 e. The summed E-state index contributed by atoms with van der Waals surface area (Å²) >= 11 is 1.48. The third-order valence-electron chi connectivity index (χ3n) is 2.58. The summed E-state index contributed by atoms with van der Waals surface area (Å²) in [5, 5.41) is 5.54. The molecular formula is C12H17N5OS. The third kappa shape index (κ3) is 4.15. The molecule has 2 heterocycles. The monoisotopic (exact) mass is 279 g/mol. The van der Waals surface area contributed by atoms with Gasteiger partial charge in [-0.15, -0.1) is 11.3 Å². The fraction of sp³-hybridized carbons (Fsp3) is 0.417. The molecule has 2 aromatic heterocycles. The molecule has 19 heavy (non-hydrogen) atoms. The average molecular weight is 279 g/mol. The number of imidazole rings is 1. The van der Waals surface area contributed by atoms with Crippen molar-refractivity contribution in [1.29, 1.82) is 0 Å². The number of amides is 1. The molecule has 2 aromatic rings. The summed E-state index contributed by atoms with van der Waals surface area (Å²) in [6, 6.07) is 0. The number of rotatable bonds is 7. The fourth-order valence-electron chi connectivity index (χ4n) is 1.63. The zero-order valence-electron chi connectivity index (χ0n) is 10.6. The van der Waals surface area contributed by atoms with E-state index in [9.17, 15) is 4.79 Å². The second-order valence-electron chi connectivity index (χ2n) is 4.08. The van der Waals surface area contributed by atoms with Gasteiger partial charge in [-0.1, -0.05) is 0 Å². The molecule has 6 nitrogen and oxygen atoms in total. The first-order valence-electron chi connectivity index (χ1n) is 6.18. The largest absolute Gasteiger partial charge is 0.351 e. The molecule has 0 spiro atoms. The second-order valence-corrected chi connectivity index (χ2v) is 5.02. The summed E-state index contributed by atoms with van der Waals surface area (Å²) in [6.45, 7) is 2.02. The number of aryl methyl sites for hydroxylation is 1. The van der Waals surface area contributed by atoms with Gasteiger partial charge in [0.05, 0.1) is 11.3 Å². The first-order chi connectivity index (χ1) is 9.29. The molecule has 0 aliphatic carbocycles. The zero-order chi connectivity index (χ0) is 13.5. The first kappa shape index (κ1) is 13.7. The van der Waals surface area contributed by atoms with Gasteiger partial charge < -0.3 is 15.6 Å². The molecule has 0 atom stereocenters. The molecule has 0 aliphatic rings. The fourth-order valence-corrected chi connectivity index (χ4v) is 2.42. The van der Waals surface area contributed by atoms with Crippen LogP contribution in [0.4, 0.5) is 0 Å². The predicted octanol–water partition coefficient (Wildman–Crippen LogP) is 0.661. The van der Waals surface area contributed by atoms with Gasteiger partial charge in [0, 0.05) is 37.3 Å². The third-order valence-corrected chi connectivity index (χ3v) is 3.49. The van der Waals surface area contributed by atoms with Crippen molar-refractivity contribution in [2.75, 3.05) is 13.1 Å². The zero-order valence-corrected chi connectivity index (χ0v) is 11.4. The van der Waals surface area contributed by atoms with Crippen molar-refractivity contribution < 1.29 is 4.79 Å². The van der Waals surface area contributed by atoms with Crippen LogP contribution in [0.5, 0.6) is 0 Å². The molecular weight excluding hydrogens is 262 g/mol. The molecule has 3 N–H and O–H groups in total. The van der Waals surface area contributed by atoms with Crippen LogP contribution in [0, 0.1) is 0 Å². The van der Waals surface area contributed by atoms with Crippen LogP contribution in [0.2, 0.25) is 0 Å². The van der Waals surface area contributed by atoms with E-state index in [2.05, 4.69) is 15.3 Å². The van der Waals surface area contributed by atoms with Gasteiger partial charge in [-0.05, 0) is 13.0 Å². The molecule has 0 saturated carbocycles. The SMILES string of the molecule is NCCc1nc(C(=O)NCCCn2ccnc2)cs1. The summed E-state index contributed by atoms with van der Waals surface area (Å²) < 4.78 is 1.98. The van der Waals surface area contributed by atoms with Gasteiger partial charge in [0.1, 0.15) is 5.69 Å². The molecule has 0 bridgehead atoms. The molecule has 0 radical (unpaired) electrons. The number of carbonyl (C=O) groups is 1. The van der Waals surface area contributed by atoms with Gasteiger partial charge >= 0.3 is 0 Å². The van der Waals surface area contributed by atoms with E-state index in [0.717, 1.165) is 24.4 Å². The van der Waals surface area contributed by atoms with E-state index in [0.29, 0.717) is 18.8 Å². The van der Waals surface area contributed by atoms with E-state index in [1.54, 1.807) is 17.9 Å². The number of hydrogen-bond acceptors (Lipinski definition) is 5. The lowest BCUT2D eigenvalue weighted by atomic mass is 10.4. The number of thiazole rings is 1. The second kappa shape index (κ2) is 7.01. The highest BCUT2D eigenvalue weighted by Crippen LogP contribution is 2.09. The Labute approximate surface area is 115 Å². The number of nitrogens with one attached hydrogen (secondary N) is 1. The smallest absolute Gasteiger partial charge is 0.270 e. The van der Waals surface area contributed by atoms with Crippen LogP contribution in [0.15, 0.2) is 24.1 Å². The Kier molecular flexibility index (Phi) is 5.05. The summed E-state index contributed by atoms with van der Waals surface area (Å²) in [7, 11) is 0. The quantitative estimate of drug-likeness (QED) is 0.729. The molecule has 0 saturated heterocycles. The topological polar surface area (TPSA) is 85.8 Å². The van der Waals surface area contributed by atoms with Crippen molar-refractivity contribution in [3.05, 3.63) is 34.8 Å². The van der Waals surface area contributed by atoms with Crippen LogP contribution in [-0.4, -0.2) is 33.5 Å². The minimum atomic E-state index is -0.120. The van der Waals surface area contributed by atoms with Crippen LogP contribution in [0.25, 0.3) is 0 Å². The van der Waals surface area contributed by atoms with Crippen molar-refractivity contribution in [2.24, 2.45) is 5.73 Å². The number of carbonyl (C=O) groups excluding carboxylic acids is 1. The van der Waals surface area contributed by atoms with E-state index < -0.39 is 0 Å². The molecule has 0 unspecified atom stereocenters. The van der Waals surface area contributed by atoms with E-state index in [1.807, 2.05) is 10.8 Å². The summed E-state index contributed by atoms with van der Waals surface area (Å²) in [4.78, 5) is 20.0. The number of nitrogens with zero attached hydrogens (tertiary/aromatic N) is 3. The van der Waals surface area contributed by atoms with Crippen molar-refractivity contribution >= 4 is 17.2 Å². The normalized spacial score (nSPS) is 10.6. The van der Waals surface area contributed by atoms with Crippen molar-refractivity contribution in [3.63, 3.8) is 0 Å². The molecule has 1 amide bonds. The van der Waals surface area contributed by atoms with Crippen molar-refractivity contribution in [2.45, 2.75) is 19.4 Å². The summed E-state index contributed by atoms with van der Waals surface area (Å²) in [5.41, 5.74) is 5.93. The molecule has 102 valence electrons. The first-order valence-corrected chi connectivity index (χ1v) is 7.06. The average Bonchev–Trinajstić information content (AvgIpc) is 3.06. The van der Waals surface area contributed by atoms with Crippen LogP contribution >= 0.6 is 11.3 Å². The number of hydrogen-bond donors (Lipinski definition) is 2. The lowest BCUT2D eigenvalue weighted by Gasteiger charge is -2.03. The highest BCUT2D eigenvalue weighted by atomic mass is 32.1.